The Labute approximate surface area is 201 Å². The van der Waals surface area contributed by atoms with Crippen molar-refractivity contribution in [3.8, 4) is 0 Å². The number of hydrogen-bond acceptors (Lipinski definition) is 5. The van der Waals surface area contributed by atoms with Crippen LogP contribution in [0.2, 0.25) is 0 Å². The van der Waals surface area contributed by atoms with Gasteiger partial charge in [-0.25, -0.2) is 4.79 Å². The highest BCUT2D eigenvalue weighted by molar-refractivity contribution is 6.31. The van der Waals surface area contributed by atoms with Crippen molar-refractivity contribution in [3.63, 3.8) is 0 Å². The SMILES string of the molecule is Cc1ccc(NC(=O)COC(=O)c2cccc(N3C(=O)[C@@H]4C[C@H](Cl)[C@@H](Cl)C[C@H]4C3=O)c2)cc1. The molecule has 0 unspecified atom stereocenters. The molecule has 0 spiro atoms. The van der Waals surface area contributed by atoms with Gasteiger partial charge in [-0.2, -0.15) is 0 Å². The third-order valence-electron chi connectivity index (χ3n) is 5.92. The molecule has 7 nitrogen and oxygen atoms in total. The second-order valence-electron chi connectivity index (χ2n) is 8.27. The average Bonchev–Trinajstić information content (AvgIpc) is 3.03. The summed E-state index contributed by atoms with van der Waals surface area (Å²) in [6.07, 6.45) is 0.665. The van der Waals surface area contributed by atoms with Gasteiger partial charge in [0.1, 0.15) is 0 Å². The lowest BCUT2D eigenvalue weighted by Crippen LogP contribution is -2.34. The zero-order valence-corrected chi connectivity index (χ0v) is 19.3. The molecule has 1 heterocycles. The van der Waals surface area contributed by atoms with Crippen LogP contribution in [0.3, 0.4) is 0 Å². The maximum absolute atomic E-state index is 12.9. The number of benzene rings is 2. The summed E-state index contributed by atoms with van der Waals surface area (Å²) in [4.78, 5) is 51.5. The molecule has 4 atom stereocenters. The van der Waals surface area contributed by atoms with Gasteiger partial charge in [0.05, 0.1) is 33.8 Å². The Bertz CT molecular complexity index is 1080. The monoisotopic (exact) mass is 488 g/mol. The molecule has 2 aliphatic rings. The Hall–Kier alpha value is -2.90. The largest absolute Gasteiger partial charge is 0.452 e. The molecule has 1 saturated carbocycles. The fraction of sp³-hybridized carbons (Fsp3) is 0.333. The average molecular weight is 489 g/mol. The van der Waals surface area contributed by atoms with E-state index in [1.54, 1.807) is 24.3 Å². The van der Waals surface area contributed by atoms with Crippen LogP contribution in [-0.2, 0) is 19.1 Å². The Morgan fingerprint density at radius 2 is 1.61 bits per heavy atom. The fourth-order valence-electron chi connectivity index (χ4n) is 4.17. The van der Waals surface area contributed by atoms with Gasteiger partial charge in [-0.05, 0) is 50.1 Å². The Kier molecular flexibility index (Phi) is 6.72. The summed E-state index contributed by atoms with van der Waals surface area (Å²) in [6.45, 7) is 1.46. The highest BCUT2D eigenvalue weighted by Gasteiger charge is 2.52. The van der Waals surface area contributed by atoms with Crippen molar-refractivity contribution < 1.29 is 23.9 Å². The minimum atomic E-state index is -0.742. The van der Waals surface area contributed by atoms with E-state index in [1.165, 1.54) is 12.1 Å². The second kappa shape index (κ2) is 9.53. The molecule has 33 heavy (non-hydrogen) atoms. The molecule has 172 valence electrons. The number of nitrogens with one attached hydrogen (secondary N) is 1. The number of nitrogens with zero attached hydrogens (tertiary/aromatic N) is 1. The maximum atomic E-state index is 12.9. The molecule has 1 aliphatic carbocycles. The van der Waals surface area contributed by atoms with E-state index < -0.39 is 30.3 Å². The molecule has 9 heteroatoms. The standard InChI is InChI=1S/C24H22Cl2N2O5/c1-13-5-7-15(8-6-13)27-21(29)12-33-24(32)14-3-2-4-16(9-14)28-22(30)17-10-19(25)20(26)11-18(17)23(28)31/h2-9,17-20H,10-12H2,1H3,(H,27,29)/t17-,18-,19+,20+/m1/s1. The lowest BCUT2D eigenvalue weighted by atomic mass is 9.80. The summed E-state index contributed by atoms with van der Waals surface area (Å²) in [5, 5.41) is 1.89. The van der Waals surface area contributed by atoms with Gasteiger partial charge in [0.2, 0.25) is 11.8 Å². The molecule has 2 aromatic carbocycles. The van der Waals surface area contributed by atoms with E-state index >= 15 is 0 Å². The Morgan fingerprint density at radius 3 is 2.21 bits per heavy atom. The molecule has 1 aliphatic heterocycles. The van der Waals surface area contributed by atoms with Crippen LogP contribution in [0.1, 0.15) is 28.8 Å². The van der Waals surface area contributed by atoms with Crippen LogP contribution in [0.15, 0.2) is 48.5 Å². The number of hydrogen-bond donors (Lipinski definition) is 1. The van der Waals surface area contributed by atoms with Crippen LogP contribution in [0.4, 0.5) is 11.4 Å². The number of carbonyl (C=O) groups is 4. The maximum Gasteiger partial charge on any atom is 0.338 e. The number of alkyl halides is 2. The molecule has 4 rings (SSSR count). The first-order valence-corrected chi connectivity index (χ1v) is 11.4. The van der Waals surface area contributed by atoms with Crippen molar-refractivity contribution in [2.24, 2.45) is 11.8 Å². The number of aryl methyl sites for hydroxylation is 1. The van der Waals surface area contributed by atoms with Gasteiger partial charge in [-0.3, -0.25) is 19.3 Å². The lowest BCUT2D eigenvalue weighted by Gasteiger charge is -2.28. The van der Waals surface area contributed by atoms with E-state index in [4.69, 9.17) is 27.9 Å². The predicted molar refractivity (Wildman–Crippen MR) is 125 cm³/mol. The number of rotatable bonds is 5. The van der Waals surface area contributed by atoms with Gasteiger partial charge in [0.25, 0.3) is 5.91 Å². The van der Waals surface area contributed by atoms with E-state index in [-0.39, 0.29) is 33.8 Å². The van der Waals surface area contributed by atoms with Crippen molar-refractivity contribution in [2.45, 2.75) is 30.5 Å². The number of esters is 1. The van der Waals surface area contributed by atoms with E-state index in [0.717, 1.165) is 10.5 Å². The summed E-state index contributed by atoms with van der Waals surface area (Å²) in [7, 11) is 0. The van der Waals surface area contributed by atoms with Crippen molar-refractivity contribution >= 4 is 58.3 Å². The molecular formula is C24H22Cl2N2O5. The van der Waals surface area contributed by atoms with Crippen molar-refractivity contribution in [3.05, 3.63) is 59.7 Å². The number of imide groups is 1. The summed E-state index contributed by atoms with van der Waals surface area (Å²) >= 11 is 12.4. The van der Waals surface area contributed by atoms with Crippen LogP contribution >= 0.6 is 23.2 Å². The first kappa shape index (κ1) is 23.3. The summed E-state index contributed by atoms with van der Waals surface area (Å²) in [5.74, 6) is -2.95. The molecule has 0 radical (unpaired) electrons. The number of anilines is 2. The van der Waals surface area contributed by atoms with Gasteiger partial charge in [0, 0.05) is 5.69 Å². The van der Waals surface area contributed by atoms with Crippen molar-refractivity contribution in [2.75, 3.05) is 16.8 Å². The highest BCUT2D eigenvalue weighted by atomic mass is 35.5. The first-order chi connectivity index (χ1) is 15.7. The van der Waals surface area contributed by atoms with Crippen LogP contribution in [0.5, 0.6) is 0 Å². The minimum Gasteiger partial charge on any atom is -0.452 e. The van der Waals surface area contributed by atoms with Crippen LogP contribution in [0.25, 0.3) is 0 Å². The topological polar surface area (TPSA) is 92.8 Å². The Morgan fingerprint density at radius 1 is 1.00 bits per heavy atom. The minimum absolute atomic E-state index is 0.122. The number of amides is 3. The molecule has 0 aromatic heterocycles. The van der Waals surface area contributed by atoms with E-state index in [0.29, 0.717) is 18.5 Å². The van der Waals surface area contributed by atoms with Gasteiger partial charge >= 0.3 is 5.97 Å². The van der Waals surface area contributed by atoms with Gasteiger partial charge in [-0.1, -0.05) is 23.8 Å². The smallest absolute Gasteiger partial charge is 0.338 e. The van der Waals surface area contributed by atoms with E-state index in [9.17, 15) is 19.2 Å². The first-order valence-electron chi connectivity index (χ1n) is 10.5. The predicted octanol–water partition coefficient (Wildman–Crippen LogP) is 3.90. The molecular weight excluding hydrogens is 467 g/mol. The third kappa shape index (κ3) is 4.89. The molecule has 1 saturated heterocycles. The zero-order chi connectivity index (χ0) is 23.7. The number of halogens is 2. The van der Waals surface area contributed by atoms with E-state index in [2.05, 4.69) is 5.32 Å². The lowest BCUT2D eigenvalue weighted by molar-refractivity contribution is -0.122. The summed E-state index contributed by atoms with van der Waals surface area (Å²) in [6, 6.07) is 13.2. The molecule has 2 aromatic rings. The summed E-state index contributed by atoms with van der Waals surface area (Å²) < 4.78 is 5.11. The van der Waals surface area contributed by atoms with Crippen molar-refractivity contribution in [1.29, 1.82) is 0 Å². The second-order valence-corrected chi connectivity index (χ2v) is 9.39. The van der Waals surface area contributed by atoms with Crippen LogP contribution < -0.4 is 10.2 Å². The zero-order valence-electron chi connectivity index (χ0n) is 17.8. The molecule has 3 amide bonds. The quantitative estimate of drug-likeness (QED) is 0.391. The third-order valence-corrected chi connectivity index (χ3v) is 7.01. The fourth-order valence-corrected chi connectivity index (χ4v) is 4.76. The van der Waals surface area contributed by atoms with Gasteiger partial charge in [0.15, 0.2) is 6.61 Å². The van der Waals surface area contributed by atoms with Crippen LogP contribution in [0, 0.1) is 18.8 Å². The summed E-state index contributed by atoms with van der Waals surface area (Å²) in [5.41, 5.74) is 2.04. The normalized spacial score (nSPS) is 24.4. The van der Waals surface area contributed by atoms with E-state index in [1.807, 2.05) is 19.1 Å². The molecule has 2 fully saturated rings. The molecule has 0 bridgehead atoms. The van der Waals surface area contributed by atoms with Crippen LogP contribution in [-0.4, -0.2) is 41.1 Å². The Balaban J connectivity index is 1.41. The number of carbonyl (C=O) groups excluding carboxylic acids is 4. The van der Waals surface area contributed by atoms with Gasteiger partial charge in [-0.15, -0.1) is 23.2 Å². The van der Waals surface area contributed by atoms with Crippen molar-refractivity contribution in [1.82, 2.24) is 0 Å². The van der Waals surface area contributed by atoms with Gasteiger partial charge < -0.3 is 10.1 Å². The number of fused-ring (bicyclic) bond motifs is 1. The number of ether oxygens (including phenoxy) is 1. The molecule has 1 N–H and O–H groups in total. The highest BCUT2D eigenvalue weighted by Crippen LogP contribution is 2.43.